The number of fused-ring (bicyclic) bond motifs is 1. The van der Waals surface area contributed by atoms with Gasteiger partial charge in [0.25, 0.3) is 0 Å². The first-order valence-corrected chi connectivity index (χ1v) is 17.3. The van der Waals surface area contributed by atoms with Crippen LogP contribution in [0.3, 0.4) is 0 Å². The zero-order chi connectivity index (χ0) is 37.9. The number of alkyl carbamates (subject to hydrolysis) is 1. The molecule has 1 aromatic carbocycles. The van der Waals surface area contributed by atoms with Crippen LogP contribution in [0.25, 0.3) is 5.65 Å². The summed E-state index contributed by atoms with van der Waals surface area (Å²) in [4.78, 5) is 49.4. The maximum absolute atomic E-state index is 13.7. The zero-order valence-electron chi connectivity index (χ0n) is 30.3. The number of esters is 1. The second-order valence-electron chi connectivity index (χ2n) is 12.5. The van der Waals surface area contributed by atoms with Crippen molar-refractivity contribution in [3.8, 4) is 12.1 Å². The molecule has 2 amide bonds. The average molecular weight is 811 g/mol. The summed E-state index contributed by atoms with van der Waals surface area (Å²) in [5.74, 6) is -1.09. The fourth-order valence-corrected chi connectivity index (χ4v) is 5.94. The van der Waals surface area contributed by atoms with Crippen molar-refractivity contribution in [2.24, 2.45) is 17.4 Å². The lowest BCUT2D eigenvalue weighted by atomic mass is 9.99. The molecule has 0 spiro atoms. The van der Waals surface area contributed by atoms with E-state index >= 15 is 0 Å². The average Bonchev–Trinajstić information content (AvgIpc) is 3.55. The monoisotopic (exact) mass is 809 g/mol. The molecule has 3 heterocycles. The topological polar surface area (TPSA) is 264 Å². The van der Waals surface area contributed by atoms with Gasteiger partial charge in [0.2, 0.25) is 11.9 Å². The van der Waals surface area contributed by atoms with E-state index in [0.29, 0.717) is 61.7 Å². The number of nitrogens with one attached hydrogen (secondary N) is 4. The number of rotatable bonds is 15. The molecule has 0 bridgehead atoms. The Morgan fingerprint density at radius 3 is 2.54 bits per heavy atom. The van der Waals surface area contributed by atoms with Crippen LogP contribution in [0.5, 0.6) is 0 Å². The van der Waals surface area contributed by atoms with Gasteiger partial charge in [-0.15, -0.1) is 29.9 Å². The van der Waals surface area contributed by atoms with E-state index in [4.69, 9.17) is 32.5 Å². The van der Waals surface area contributed by atoms with Crippen LogP contribution in [-0.4, -0.2) is 95.1 Å². The molecule has 0 aliphatic carbocycles. The number of nitrogens with zero attached hydrogens (tertiary/aromatic N) is 7. The van der Waals surface area contributed by atoms with Gasteiger partial charge in [-0.25, -0.2) is 14.6 Å². The van der Waals surface area contributed by atoms with E-state index in [1.807, 2.05) is 17.9 Å². The SMILES string of the molecule is CCNc1nc(Nc2cc(C#N)cc(N3CC[C@@H](NC(=O)OC)[C@H](OC(=O)C(NC(=O)[C@@H](N)CCCCN)C(C)C)C3)c2Cl)nn2c(C#N)cnc12.Cl.Cl. The summed E-state index contributed by atoms with van der Waals surface area (Å²) in [5.41, 5.74) is 13.2. The number of unbranched alkanes of at least 4 members (excludes halogenated alkanes) is 1. The van der Waals surface area contributed by atoms with Gasteiger partial charge in [-0.2, -0.15) is 20.0 Å². The molecule has 4 atom stereocenters. The highest BCUT2D eigenvalue weighted by atomic mass is 35.5. The van der Waals surface area contributed by atoms with E-state index < -0.39 is 42.2 Å². The minimum absolute atomic E-state index is 0. The van der Waals surface area contributed by atoms with Crippen LogP contribution in [-0.2, 0) is 19.1 Å². The maximum Gasteiger partial charge on any atom is 0.407 e. The van der Waals surface area contributed by atoms with Crippen molar-refractivity contribution < 1.29 is 23.9 Å². The van der Waals surface area contributed by atoms with Crippen molar-refractivity contribution in [3.63, 3.8) is 0 Å². The van der Waals surface area contributed by atoms with Gasteiger partial charge in [0.15, 0.2) is 17.2 Å². The highest BCUT2D eigenvalue weighted by Crippen LogP contribution is 2.37. The Morgan fingerprint density at radius 2 is 1.91 bits per heavy atom. The number of piperidine rings is 1. The van der Waals surface area contributed by atoms with Crippen molar-refractivity contribution in [2.75, 3.05) is 48.8 Å². The van der Waals surface area contributed by atoms with Crippen LogP contribution in [0.4, 0.5) is 27.9 Å². The number of nitriles is 2. The zero-order valence-corrected chi connectivity index (χ0v) is 32.7. The van der Waals surface area contributed by atoms with Gasteiger partial charge in [-0.3, -0.25) is 4.79 Å². The van der Waals surface area contributed by atoms with E-state index in [9.17, 15) is 24.9 Å². The van der Waals surface area contributed by atoms with Gasteiger partial charge in [-0.1, -0.05) is 31.9 Å². The third kappa shape index (κ3) is 11.1. The Labute approximate surface area is 330 Å². The lowest BCUT2D eigenvalue weighted by Gasteiger charge is -2.40. The lowest BCUT2D eigenvalue weighted by molar-refractivity contribution is -0.156. The second kappa shape index (κ2) is 21.1. The molecule has 0 radical (unpaired) electrons. The highest BCUT2D eigenvalue weighted by molar-refractivity contribution is 6.36. The molecule has 1 saturated heterocycles. The third-order valence-electron chi connectivity index (χ3n) is 8.43. The Balaban J connectivity index is 0.00000504. The summed E-state index contributed by atoms with van der Waals surface area (Å²) >= 11 is 6.98. The minimum Gasteiger partial charge on any atom is -0.457 e. The molecule has 1 unspecified atom stereocenters. The fourth-order valence-electron chi connectivity index (χ4n) is 5.66. The molecule has 18 nitrogen and oxygen atoms in total. The van der Waals surface area contributed by atoms with Crippen molar-refractivity contribution in [3.05, 3.63) is 34.6 Å². The van der Waals surface area contributed by atoms with Crippen molar-refractivity contribution >= 4 is 83.2 Å². The number of benzene rings is 1. The Kier molecular flexibility index (Phi) is 17.7. The number of hydrogen-bond acceptors (Lipinski definition) is 15. The highest BCUT2D eigenvalue weighted by Gasteiger charge is 2.37. The van der Waals surface area contributed by atoms with E-state index in [1.165, 1.54) is 23.9 Å². The predicted molar refractivity (Wildman–Crippen MR) is 207 cm³/mol. The molecular weight excluding hydrogens is 765 g/mol. The maximum atomic E-state index is 13.7. The van der Waals surface area contributed by atoms with Crippen LogP contribution in [0.15, 0.2) is 18.3 Å². The quantitative estimate of drug-likeness (QED) is 0.0952. The van der Waals surface area contributed by atoms with Crippen LogP contribution < -0.4 is 37.6 Å². The normalized spacial score (nSPS) is 16.1. The molecular formula is C33H46Cl3N13O5. The molecule has 8 N–H and O–H groups in total. The molecule has 1 aliphatic heterocycles. The number of carbonyl (C=O) groups is 3. The molecule has 1 aliphatic rings. The van der Waals surface area contributed by atoms with Gasteiger partial charge < -0.3 is 47.1 Å². The van der Waals surface area contributed by atoms with Gasteiger partial charge in [0.1, 0.15) is 18.2 Å². The summed E-state index contributed by atoms with van der Waals surface area (Å²) in [6, 6.07) is 4.81. The number of anilines is 4. The number of hydrogen-bond donors (Lipinski definition) is 6. The van der Waals surface area contributed by atoms with Crippen LogP contribution in [0.1, 0.15) is 57.7 Å². The summed E-state index contributed by atoms with van der Waals surface area (Å²) in [5, 5.41) is 35.8. The summed E-state index contributed by atoms with van der Waals surface area (Å²) < 4.78 is 12.2. The number of halogens is 3. The number of methoxy groups -OCH3 is 1. The number of imidazole rings is 1. The van der Waals surface area contributed by atoms with E-state index in [0.717, 1.165) is 6.42 Å². The van der Waals surface area contributed by atoms with Gasteiger partial charge >= 0.3 is 12.1 Å². The predicted octanol–water partition coefficient (Wildman–Crippen LogP) is 2.98. The number of carbonyl (C=O) groups excluding carboxylic acids is 3. The van der Waals surface area contributed by atoms with Crippen LogP contribution in [0.2, 0.25) is 5.02 Å². The first-order valence-electron chi connectivity index (χ1n) is 16.9. The van der Waals surface area contributed by atoms with Crippen molar-refractivity contribution in [2.45, 2.75) is 70.7 Å². The minimum atomic E-state index is -1.02. The lowest BCUT2D eigenvalue weighted by Crippen LogP contribution is -2.58. The standard InChI is InChI=1S/C33H44ClN13O5.2ClH/c1-5-39-28-29-40-16-20(15-37)47(29)45-32(44-28)41-23-12-19(14-36)13-24(26(23)34)46-11-9-22(42-33(50)51-4)25(17-46)52-31(49)27(18(2)3)43-30(48)21(38)8-6-7-10-35;;/h12-13,16,18,21-22,25,27H,5-11,17,35,38H2,1-4H3,(H,42,50)(H,43,48)(H2,39,41,44,45);2*1H/t21-,22+,25+,27?;;/m0../s1. The largest absolute Gasteiger partial charge is 0.457 e. The molecule has 21 heteroatoms. The van der Waals surface area contributed by atoms with E-state index in [-0.39, 0.29) is 59.5 Å². The molecule has 2 aromatic heterocycles. The molecule has 3 aromatic rings. The molecule has 54 heavy (non-hydrogen) atoms. The van der Waals surface area contributed by atoms with Crippen LogP contribution in [0, 0.1) is 28.6 Å². The molecule has 0 saturated carbocycles. The Morgan fingerprint density at radius 1 is 1.17 bits per heavy atom. The summed E-state index contributed by atoms with van der Waals surface area (Å²) in [7, 11) is 1.23. The van der Waals surface area contributed by atoms with Gasteiger partial charge in [0.05, 0.1) is 60.0 Å². The first-order chi connectivity index (χ1) is 24.9. The van der Waals surface area contributed by atoms with E-state index in [1.54, 1.807) is 19.9 Å². The molecule has 4 rings (SSSR count). The van der Waals surface area contributed by atoms with Crippen LogP contribution >= 0.6 is 36.4 Å². The first kappa shape index (κ1) is 45.3. The fraction of sp³-hybridized carbons (Fsp3) is 0.515. The van der Waals surface area contributed by atoms with Gasteiger partial charge in [0, 0.05) is 13.1 Å². The summed E-state index contributed by atoms with van der Waals surface area (Å²) in [6.45, 7) is 6.82. The Hall–Kier alpha value is -4.85. The smallest absolute Gasteiger partial charge is 0.407 e. The number of nitrogens with two attached hydrogens (primary N) is 2. The number of amides is 2. The molecule has 294 valence electrons. The second-order valence-corrected chi connectivity index (χ2v) is 12.9. The van der Waals surface area contributed by atoms with E-state index in [2.05, 4.69) is 42.4 Å². The molecule has 1 fully saturated rings. The number of ether oxygens (including phenoxy) is 2. The van der Waals surface area contributed by atoms with Crippen molar-refractivity contribution in [1.29, 1.82) is 10.5 Å². The number of aromatic nitrogens is 4. The Bertz CT molecular complexity index is 1850. The van der Waals surface area contributed by atoms with Gasteiger partial charge in [-0.05, 0) is 50.8 Å². The third-order valence-corrected chi connectivity index (χ3v) is 8.83. The summed E-state index contributed by atoms with van der Waals surface area (Å²) in [6.07, 6.45) is 1.85. The van der Waals surface area contributed by atoms with Crippen molar-refractivity contribution in [1.82, 2.24) is 30.2 Å².